The minimum atomic E-state index is -3.76. The van der Waals surface area contributed by atoms with Gasteiger partial charge in [-0.25, -0.2) is 13.1 Å². The van der Waals surface area contributed by atoms with Crippen molar-refractivity contribution < 1.29 is 18.0 Å². The van der Waals surface area contributed by atoms with E-state index in [1.165, 1.54) is 4.90 Å². The van der Waals surface area contributed by atoms with Gasteiger partial charge in [-0.2, -0.15) is 5.26 Å². The van der Waals surface area contributed by atoms with Crippen molar-refractivity contribution in [1.82, 2.24) is 14.9 Å². The highest BCUT2D eigenvalue weighted by Crippen LogP contribution is 2.21. The summed E-state index contributed by atoms with van der Waals surface area (Å²) in [6.45, 7) is 4.54. The van der Waals surface area contributed by atoms with Crippen molar-refractivity contribution in [2.24, 2.45) is 5.92 Å². The highest BCUT2D eigenvalue weighted by Gasteiger charge is 2.38. The average Bonchev–Trinajstić information content (AvgIpc) is 3.32. The number of carbonyl (C=O) groups is 2. The van der Waals surface area contributed by atoms with E-state index in [2.05, 4.69) is 16.1 Å². The number of nitrogens with one attached hydrogen (secondary N) is 2. The summed E-state index contributed by atoms with van der Waals surface area (Å²) in [6.07, 6.45) is 1.53. The van der Waals surface area contributed by atoms with E-state index in [1.54, 1.807) is 48.5 Å². The number of amides is 2. The first-order valence-corrected chi connectivity index (χ1v) is 13.4. The number of rotatable bonds is 10. The summed E-state index contributed by atoms with van der Waals surface area (Å²) in [5.74, 6) is -0.777. The number of nitrogens with zero attached hydrogens (tertiary/aromatic N) is 2. The van der Waals surface area contributed by atoms with Gasteiger partial charge >= 0.3 is 0 Å². The maximum Gasteiger partial charge on any atom is 0.243 e. The van der Waals surface area contributed by atoms with E-state index in [1.807, 2.05) is 19.9 Å². The second-order valence-electron chi connectivity index (χ2n) is 9.26. The second kappa shape index (κ2) is 12.0. The molecule has 0 bridgehead atoms. The highest BCUT2D eigenvalue weighted by molar-refractivity contribution is 7.88. The maximum atomic E-state index is 13.5. The summed E-state index contributed by atoms with van der Waals surface area (Å²) in [7, 11) is -3.76. The summed E-state index contributed by atoms with van der Waals surface area (Å²) in [5.41, 5.74) is 2.02. The van der Waals surface area contributed by atoms with Crippen molar-refractivity contribution >= 4 is 21.8 Å². The molecular weight excluding hydrogens is 464 g/mol. The van der Waals surface area contributed by atoms with Gasteiger partial charge in [0.05, 0.1) is 17.4 Å². The fourth-order valence-corrected chi connectivity index (χ4v) is 5.58. The quantitative estimate of drug-likeness (QED) is 0.524. The second-order valence-corrected chi connectivity index (χ2v) is 11.0. The Balaban J connectivity index is 1.67. The fourth-order valence-electron chi connectivity index (χ4n) is 4.23. The van der Waals surface area contributed by atoms with Crippen LogP contribution < -0.4 is 10.0 Å². The van der Waals surface area contributed by atoms with Crippen molar-refractivity contribution in [1.29, 1.82) is 5.26 Å². The van der Waals surface area contributed by atoms with Gasteiger partial charge < -0.3 is 10.2 Å². The van der Waals surface area contributed by atoms with Crippen LogP contribution in [-0.4, -0.2) is 43.8 Å². The highest BCUT2D eigenvalue weighted by atomic mass is 32.2. The molecule has 9 heteroatoms. The minimum absolute atomic E-state index is 0.0784. The van der Waals surface area contributed by atoms with Crippen LogP contribution in [0.15, 0.2) is 54.6 Å². The molecule has 2 aromatic rings. The Bertz CT molecular complexity index is 1160. The monoisotopic (exact) mass is 496 g/mol. The zero-order chi connectivity index (χ0) is 25.4. The molecule has 0 saturated carbocycles. The van der Waals surface area contributed by atoms with E-state index >= 15 is 0 Å². The van der Waals surface area contributed by atoms with Crippen LogP contribution in [0.4, 0.5) is 0 Å². The fraction of sp³-hybridized carbons (Fsp3) is 0.423. The number of benzene rings is 2. The summed E-state index contributed by atoms with van der Waals surface area (Å²) in [5, 5.41) is 11.8. The van der Waals surface area contributed by atoms with Crippen LogP contribution in [0.1, 0.15) is 49.8 Å². The molecule has 3 rings (SSSR count). The van der Waals surface area contributed by atoms with Crippen LogP contribution >= 0.6 is 0 Å². The molecule has 186 valence electrons. The largest absolute Gasteiger partial charge is 0.350 e. The smallest absolute Gasteiger partial charge is 0.243 e. The molecule has 0 spiro atoms. The van der Waals surface area contributed by atoms with Gasteiger partial charge in [-0.05, 0) is 48.4 Å². The summed E-state index contributed by atoms with van der Waals surface area (Å²) in [4.78, 5) is 27.9. The van der Waals surface area contributed by atoms with Crippen molar-refractivity contribution in [3.8, 4) is 6.07 Å². The minimum Gasteiger partial charge on any atom is -0.350 e. The van der Waals surface area contributed by atoms with E-state index in [4.69, 9.17) is 5.26 Å². The molecule has 0 radical (unpaired) electrons. The molecule has 2 atom stereocenters. The molecule has 2 N–H and O–H groups in total. The molecule has 1 aliphatic heterocycles. The molecule has 8 nitrogen and oxygen atoms in total. The number of hydrogen-bond donors (Lipinski definition) is 2. The lowest BCUT2D eigenvalue weighted by Crippen LogP contribution is -2.53. The standard InChI is InChI=1S/C26H32N4O4S/c1-19(2)15-23(29-35(33,34)18-22-7-4-3-5-8-22)26(32)30-14-6-9-24(30)25(31)28-17-21-12-10-20(16-27)11-13-21/h3-5,7-8,10-13,19,23-24,29H,6,9,14-15,17-18H2,1-2H3,(H,28,31)/t23?,24-/m0/s1. The summed E-state index contributed by atoms with van der Waals surface area (Å²) < 4.78 is 28.3. The zero-order valence-corrected chi connectivity index (χ0v) is 20.9. The van der Waals surface area contributed by atoms with Gasteiger partial charge in [0.15, 0.2) is 0 Å². The third-order valence-electron chi connectivity index (χ3n) is 5.91. The lowest BCUT2D eigenvalue weighted by molar-refractivity contribution is -0.140. The molecule has 0 aromatic heterocycles. The van der Waals surface area contributed by atoms with E-state index in [0.717, 1.165) is 5.56 Å². The van der Waals surface area contributed by atoms with Gasteiger partial charge in [0.25, 0.3) is 0 Å². The lowest BCUT2D eigenvalue weighted by Gasteiger charge is -2.29. The van der Waals surface area contributed by atoms with Crippen LogP contribution in [0, 0.1) is 17.2 Å². The number of carbonyl (C=O) groups excluding carboxylic acids is 2. The van der Waals surface area contributed by atoms with Gasteiger partial charge in [-0.1, -0.05) is 56.3 Å². The first-order chi connectivity index (χ1) is 16.7. The first-order valence-electron chi connectivity index (χ1n) is 11.8. The molecule has 2 amide bonds. The molecule has 1 aliphatic rings. The Labute approximate surface area is 207 Å². The Kier molecular flexibility index (Phi) is 9.01. The predicted octanol–water partition coefficient (Wildman–Crippen LogP) is 2.70. The van der Waals surface area contributed by atoms with Crippen molar-refractivity contribution in [2.75, 3.05) is 6.54 Å². The number of hydrogen-bond acceptors (Lipinski definition) is 5. The number of likely N-dealkylation sites (tertiary alicyclic amines) is 1. The van der Waals surface area contributed by atoms with Gasteiger partial charge in [0.1, 0.15) is 12.1 Å². The SMILES string of the molecule is CC(C)CC(NS(=O)(=O)Cc1ccccc1)C(=O)N1CCC[C@H]1C(=O)NCc1ccc(C#N)cc1. The van der Waals surface area contributed by atoms with Crippen LogP contribution in [0.3, 0.4) is 0 Å². The zero-order valence-electron chi connectivity index (χ0n) is 20.1. The van der Waals surface area contributed by atoms with E-state index in [0.29, 0.717) is 36.9 Å². The number of sulfonamides is 1. The Hall–Kier alpha value is -3.22. The van der Waals surface area contributed by atoms with Crippen LogP contribution in [0.5, 0.6) is 0 Å². The summed E-state index contributed by atoms with van der Waals surface area (Å²) in [6, 6.07) is 16.2. The molecule has 1 fully saturated rings. The van der Waals surface area contributed by atoms with Crippen molar-refractivity contribution in [2.45, 2.75) is 57.5 Å². The van der Waals surface area contributed by atoms with Gasteiger partial charge in [0.2, 0.25) is 21.8 Å². The predicted molar refractivity (Wildman–Crippen MR) is 133 cm³/mol. The average molecular weight is 497 g/mol. The molecule has 1 heterocycles. The van der Waals surface area contributed by atoms with Gasteiger partial charge in [0, 0.05) is 13.1 Å². The van der Waals surface area contributed by atoms with E-state index in [9.17, 15) is 18.0 Å². The van der Waals surface area contributed by atoms with Crippen molar-refractivity contribution in [3.63, 3.8) is 0 Å². The Morgan fingerprint density at radius 3 is 2.40 bits per heavy atom. The van der Waals surface area contributed by atoms with Crippen molar-refractivity contribution in [3.05, 3.63) is 71.3 Å². The molecule has 1 unspecified atom stereocenters. The first kappa shape index (κ1) is 26.4. The van der Waals surface area contributed by atoms with E-state index < -0.39 is 22.1 Å². The van der Waals surface area contributed by atoms with Crippen LogP contribution in [0.2, 0.25) is 0 Å². The lowest BCUT2D eigenvalue weighted by atomic mass is 10.0. The normalized spacial score (nSPS) is 16.6. The molecular formula is C26H32N4O4S. The Morgan fingerprint density at radius 2 is 1.77 bits per heavy atom. The Morgan fingerprint density at radius 1 is 1.09 bits per heavy atom. The summed E-state index contributed by atoms with van der Waals surface area (Å²) >= 11 is 0. The van der Waals surface area contributed by atoms with E-state index in [-0.39, 0.29) is 30.0 Å². The third kappa shape index (κ3) is 7.64. The topological polar surface area (TPSA) is 119 Å². The molecule has 1 saturated heterocycles. The van der Waals surface area contributed by atoms with Gasteiger partial charge in [-0.3, -0.25) is 9.59 Å². The van der Waals surface area contributed by atoms with Gasteiger partial charge in [-0.15, -0.1) is 0 Å². The molecule has 0 aliphatic carbocycles. The van der Waals surface area contributed by atoms with Crippen LogP contribution in [0.25, 0.3) is 0 Å². The molecule has 2 aromatic carbocycles. The third-order valence-corrected chi connectivity index (χ3v) is 7.27. The molecule has 35 heavy (non-hydrogen) atoms. The van der Waals surface area contributed by atoms with Crippen LogP contribution in [-0.2, 0) is 31.9 Å². The maximum absolute atomic E-state index is 13.5. The number of nitriles is 1.